The van der Waals surface area contributed by atoms with Gasteiger partial charge in [0.2, 0.25) is 16.0 Å². The molecule has 1 fully saturated rings. The van der Waals surface area contributed by atoms with Crippen molar-refractivity contribution < 1.29 is 16.8 Å². The summed E-state index contributed by atoms with van der Waals surface area (Å²) >= 11 is 7.35. The van der Waals surface area contributed by atoms with Gasteiger partial charge in [-0.2, -0.15) is 9.29 Å². The molecule has 0 amide bonds. The van der Waals surface area contributed by atoms with Gasteiger partial charge in [-0.05, 0) is 80.1 Å². The van der Waals surface area contributed by atoms with Crippen molar-refractivity contribution in [3.05, 3.63) is 59.2 Å². The fourth-order valence-electron chi connectivity index (χ4n) is 4.25. The summed E-state index contributed by atoms with van der Waals surface area (Å²) in [5.41, 5.74) is 0.508. The van der Waals surface area contributed by atoms with Crippen LogP contribution in [0.2, 0.25) is 5.02 Å². The zero-order chi connectivity index (χ0) is 28.9. The Bertz CT molecular complexity index is 1540. The maximum absolute atomic E-state index is 13.0. The van der Waals surface area contributed by atoms with Crippen LogP contribution in [0.25, 0.3) is 0 Å². The molecule has 0 atom stereocenters. The normalized spacial score (nSPS) is 14.8. The van der Waals surface area contributed by atoms with Crippen LogP contribution >= 0.6 is 23.4 Å². The van der Waals surface area contributed by atoms with E-state index in [4.69, 9.17) is 11.6 Å². The van der Waals surface area contributed by atoms with Gasteiger partial charge in [0.15, 0.2) is 0 Å². The van der Waals surface area contributed by atoms with E-state index in [0.29, 0.717) is 46.9 Å². The standard InChI is InChI=1S/C27H34ClN5O4S3/c1-19(2)13-14-29-26-24(18-30-27(31-26)32-39(34,35)25-12-7-21(28)17-20(25)3)38-22-8-10-23(11-9-22)40(36,37)33-15-5-4-6-16-33/h7-12,17-19H,4-6,13-16H2,1-3H3,(H2,29,30,31,32). The Labute approximate surface area is 246 Å². The topological polar surface area (TPSA) is 121 Å². The van der Waals surface area contributed by atoms with E-state index in [-0.39, 0.29) is 15.7 Å². The maximum atomic E-state index is 13.0. The van der Waals surface area contributed by atoms with Crippen molar-refractivity contribution in [2.24, 2.45) is 5.92 Å². The first kappa shape index (κ1) is 30.6. The molecule has 1 saturated heterocycles. The molecule has 3 aromatic rings. The molecule has 0 bridgehead atoms. The third-order valence-electron chi connectivity index (χ3n) is 6.43. The van der Waals surface area contributed by atoms with Gasteiger partial charge in [0.05, 0.1) is 14.7 Å². The van der Waals surface area contributed by atoms with Crippen molar-refractivity contribution in [2.45, 2.75) is 66.0 Å². The average molecular weight is 624 g/mol. The fraction of sp³-hybridized carbons (Fsp3) is 0.407. The molecule has 9 nitrogen and oxygen atoms in total. The number of halogens is 1. The lowest BCUT2D eigenvalue weighted by Crippen LogP contribution is -2.35. The minimum atomic E-state index is -3.94. The van der Waals surface area contributed by atoms with Gasteiger partial charge in [0.25, 0.3) is 10.0 Å². The molecular formula is C27H34ClN5O4S3. The van der Waals surface area contributed by atoms with Crippen molar-refractivity contribution in [2.75, 3.05) is 29.7 Å². The molecule has 216 valence electrons. The van der Waals surface area contributed by atoms with E-state index in [2.05, 4.69) is 33.9 Å². The van der Waals surface area contributed by atoms with E-state index in [1.54, 1.807) is 47.8 Å². The minimum Gasteiger partial charge on any atom is -0.369 e. The van der Waals surface area contributed by atoms with Crippen molar-refractivity contribution in [3.8, 4) is 0 Å². The zero-order valence-electron chi connectivity index (χ0n) is 22.7. The highest BCUT2D eigenvalue weighted by Gasteiger charge is 2.26. The Hall–Kier alpha value is -2.38. The van der Waals surface area contributed by atoms with Crippen molar-refractivity contribution >= 4 is 55.2 Å². The number of aromatic nitrogens is 2. The third kappa shape index (κ3) is 7.67. The molecule has 1 aliphatic rings. The summed E-state index contributed by atoms with van der Waals surface area (Å²) in [6.07, 6.45) is 5.26. The lowest BCUT2D eigenvalue weighted by molar-refractivity contribution is 0.346. The molecule has 4 rings (SSSR count). The Balaban J connectivity index is 1.56. The number of hydrogen-bond donors (Lipinski definition) is 2. The summed E-state index contributed by atoms with van der Waals surface area (Å²) in [5.74, 6) is 0.885. The molecule has 0 saturated carbocycles. The number of hydrogen-bond acceptors (Lipinski definition) is 8. The third-order valence-corrected chi connectivity index (χ3v) is 11.1. The van der Waals surface area contributed by atoms with Crippen molar-refractivity contribution in [3.63, 3.8) is 0 Å². The van der Waals surface area contributed by atoms with Crippen LogP contribution in [0.5, 0.6) is 0 Å². The summed E-state index contributed by atoms with van der Waals surface area (Å²) in [5, 5.41) is 3.75. The van der Waals surface area contributed by atoms with Crippen LogP contribution in [0.15, 0.2) is 68.2 Å². The van der Waals surface area contributed by atoms with Crippen LogP contribution in [0, 0.1) is 12.8 Å². The predicted molar refractivity (Wildman–Crippen MR) is 160 cm³/mol. The molecule has 0 unspecified atom stereocenters. The van der Waals surface area contributed by atoms with Crippen LogP contribution in [0.1, 0.15) is 45.1 Å². The van der Waals surface area contributed by atoms with E-state index in [1.807, 2.05) is 0 Å². The number of sulfonamides is 2. The first-order valence-corrected chi connectivity index (χ1v) is 17.3. The number of anilines is 2. The molecule has 2 heterocycles. The molecule has 0 radical (unpaired) electrons. The van der Waals surface area contributed by atoms with E-state index in [9.17, 15) is 16.8 Å². The van der Waals surface area contributed by atoms with Crippen LogP contribution in [0.4, 0.5) is 11.8 Å². The summed E-state index contributed by atoms with van der Waals surface area (Å²) in [4.78, 5) is 10.6. The number of piperidine rings is 1. The van der Waals surface area contributed by atoms with Crippen LogP contribution in [0.3, 0.4) is 0 Å². The first-order valence-electron chi connectivity index (χ1n) is 13.1. The number of rotatable bonds is 11. The second-order valence-corrected chi connectivity index (χ2v) is 15.2. The monoisotopic (exact) mass is 623 g/mol. The van der Waals surface area contributed by atoms with Gasteiger partial charge in [-0.15, -0.1) is 0 Å². The number of aryl methyl sites for hydroxylation is 1. The lowest BCUT2D eigenvalue weighted by Gasteiger charge is -2.25. The number of nitrogens with zero attached hydrogens (tertiary/aromatic N) is 3. The minimum absolute atomic E-state index is 0.0614. The zero-order valence-corrected chi connectivity index (χ0v) is 25.9. The van der Waals surface area contributed by atoms with Gasteiger partial charge in [-0.25, -0.2) is 26.5 Å². The Morgan fingerprint density at radius 2 is 1.73 bits per heavy atom. The quantitative estimate of drug-likeness (QED) is 0.266. The van der Waals surface area contributed by atoms with Gasteiger partial charge < -0.3 is 5.32 Å². The van der Waals surface area contributed by atoms with Crippen molar-refractivity contribution in [1.29, 1.82) is 0 Å². The Kier molecular flexibility index (Phi) is 9.99. The highest BCUT2D eigenvalue weighted by molar-refractivity contribution is 7.99. The largest absolute Gasteiger partial charge is 0.369 e. The Morgan fingerprint density at radius 1 is 1.02 bits per heavy atom. The molecule has 13 heteroatoms. The molecule has 2 aromatic carbocycles. The average Bonchev–Trinajstić information content (AvgIpc) is 2.90. The molecule has 0 spiro atoms. The summed E-state index contributed by atoms with van der Waals surface area (Å²) in [6.45, 7) is 7.64. The predicted octanol–water partition coefficient (Wildman–Crippen LogP) is 6.02. The highest BCUT2D eigenvalue weighted by Crippen LogP contribution is 2.34. The van der Waals surface area contributed by atoms with Gasteiger partial charge in [0.1, 0.15) is 5.82 Å². The van der Waals surface area contributed by atoms with Crippen molar-refractivity contribution in [1.82, 2.24) is 14.3 Å². The fourth-order valence-corrected chi connectivity index (χ4v) is 8.02. The first-order chi connectivity index (χ1) is 19.0. The van der Waals surface area contributed by atoms with E-state index < -0.39 is 20.0 Å². The van der Waals surface area contributed by atoms with Crippen LogP contribution in [-0.4, -0.2) is 50.7 Å². The molecule has 0 aliphatic carbocycles. The summed E-state index contributed by atoms with van der Waals surface area (Å²) in [7, 11) is -7.46. The van der Waals surface area contributed by atoms with Gasteiger partial charge in [-0.3, -0.25) is 0 Å². The highest BCUT2D eigenvalue weighted by atomic mass is 35.5. The van der Waals surface area contributed by atoms with Crippen LogP contribution in [-0.2, 0) is 20.0 Å². The lowest BCUT2D eigenvalue weighted by atomic mass is 10.1. The molecule has 1 aromatic heterocycles. The summed E-state index contributed by atoms with van der Waals surface area (Å²) in [6, 6.07) is 11.3. The Morgan fingerprint density at radius 3 is 2.38 bits per heavy atom. The van der Waals surface area contributed by atoms with Gasteiger partial charge >= 0.3 is 0 Å². The molecule has 1 aliphatic heterocycles. The number of benzene rings is 2. The van der Waals surface area contributed by atoms with Crippen LogP contribution < -0.4 is 10.0 Å². The summed E-state index contributed by atoms with van der Waals surface area (Å²) < 4.78 is 56.1. The van der Waals surface area contributed by atoms with Gasteiger partial charge in [-0.1, -0.05) is 43.6 Å². The number of nitrogens with one attached hydrogen (secondary N) is 2. The smallest absolute Gasteiger partial charge is 0.264 e. The maximum Gasteiger partial charge on any atom is 0.264 e. The second-order valence-electron chi connectivity index (χ2n) is 10.1. The van der Waals surface area contributed by atoms with Gasteiger partial charge in [0, 0.05) is 35.7 Å². The van der Waals surface area contributed by atoms with E-state index in [1.165, 1.54) is 23.9 Å². The molecule has 2 N–H and O–H groups in total. The second kappa shape index (κ2) is 13.1. The van der Waals surface area contributed by atoms with E-state index >= 15 is 0 Å². The van der Waals surface area contributed by atoms with E-state index in [0.717, 1.165) is 30.6 Å². The molecule has 40 heavy (non-hydrogen) atoms. The molecular weight excluding hydrogens is 590 g/mol. The SMILES string of the molecule is Cc1cc(Cl)ccc1S(=O)(=O)Nc1ncc(Sc2ccc(S(=O)(=O)N3CCCCC3)cc2)c(NCCC(C)C)n1.